The Bertz CT molecular complexity index is 1700. The lowest BCUT2D eigenvalue weighted by Gasteiger charge is -2.33. The second-order valence-electron chi connectivity index (χ2n) is 10.7. The van der Waals surface area contributed by atoms with Crippen LogP contribution < -0.4 is 14.8 Å². The Morgan fingerprint density at radius 3 is 1.98 bits per heavy atom. The number of halogens is 1. The summed E-state index contributed by atoms with van der Waals surface area (Å²) in [5.74, 6) is -0.328. The average Bonchev–Trinajstić information content (AvgIpc) is 3.05. The van der Waals surface area contributed by atoms with E-state index in [1.807, 2.05) is 18.2 Å². The molecule has 0 unspecified atom stereocenters. The first-order valence-corrected chi connectivity index (χ1v) is 16.5. The molecule has 0 bridgehead atoms. The Balaban J connectivity index is 1.64. The normalized spacial score (nSPS) is 11.9. The lowest BCUT2D eigenvalue weighted by Crippen LogP contribution is -2.48. The number of benzene rings is 4. The molecule has 0 aliphatic rings. The van der Waals surface area contributed by atoms with Crippen LogP contribution in [0.1, 0.15) is 28.3 Å². The number of sulfonamides is 1. The van der Waals surface area contributed by atoms with Crippen molar-refractivity contribution in [2.45, 2.75) is 25.6 Å². The van der Waals surface area contributed by atoms with Gasteiger partial charge in [0.15, 0.2) is 11.5 Å². The molecule has 9 nitrogen and oxygen atoms in total. The molecule has 4 aromatic carbocycles. The van der Waals surface area contributed by atoms with Crippen LogP contribution in [0.25, 0.3) is 0 Å². The maximum absolute atomic E-state index is 14.1. The van der Waals surface area contributed by atoms with Gasteiger partial charge in [0.2, 0.25) is 21.8 Å². The van der Waals surface area contributed by atoms with Crippen LogP contribution in [0, 0.1) is 5.82 Å². The van der Waals surface area contributed by atoms with Gasteiger partial charge in [-0.25, -0.2) is 12.8 Å². The molecule has 0 fully saturated rings. The fraction of sp³-hybridized carbons (Fsp3) is 0.257. The van der Waals surface area contributed by atoms with Gasteiger partial charge in [-0.15, -0.1) is 0 Å². The maximum atomic E-state index is 14.1. The lowest BCUT2D eigenvalue weighted by atomic mass is 10.0. The third-order valence-corrected chi connectivity index (χ3v) is 8.60. The largest absolute Gasteiger partial charge is 0.493 e. The molecular formula is C35H38FN3O6S. The standard InChI is InChI=1S/C35H38FN3O6S/c1-44-31-19-16-26(22-32(31)45-2)20-21-37-35(41)34(29-12-8-5-9-13-29)39(24-28-14-17-30(36)18-15-28)33(40)25-38(46(3,42)43)23-27-10-6-4-7-11-27/h4-19,22,34H,20-21,23-25H2,1-3H3,(H,37,41)/t34-/m1/s1. The number of nitrogens with zero attached hydrogens (tertiary/aromatic N) is 2. The van der Waals surface area contributed by atoms with Gasteiger partial charge in [0.05, 0.1) is 27.0 Å². The van der Waals surface area contributed by atoms with E-state index in [9.17, 15) is 22.4 Å². The van der Waals surface area contributed by atoms with E-state index in [0.29, 0.717) is 34.6 Å². The summed E-state index contributed by atoms with van der Waals surface area (Å²) in [6.07, 6.45) is 1.52. The number of amides is 2. The molecule has 0 aromatic heterocycles. The number of rotatable bonds is 15. The second-order valence-corrected chi connectivity index (χ2v) is 12.7. The van der Waals surface area contributed by atoms with Crippen LogP contribution >= 0.6 is 0 Å². The van der Waals surface area contributed by atoms with Gasteiger partial charge in [0.1, 0.15) is 11.9 Å². The minimum Gasteiger partial charge on any atom is -0.493 e. The van der Waals surface area contributed by atoms with Crippen molar-refractivity contribution in [1.29, 1.82) is 0 Å². The van der Waals surface area contributed by atoms with E-state index in [2.05, 4.69) is 5.32 Å². The molecular weight excluding hydrogens is 609 g/mol. The van der Waals surface area contributed by atoms with Gasteiger partial charge in [-0.1, -0.05) is 78.9 Å². The second kappa shape index (κ2) is 16.0. The van der Waals surface area contributed by atoms with Crippen LogP contribution in [0.5, 0.6) is 11.5 Å². The Kier molecular flexibility index (Phi) is 11.9. The molecule has 11 heteroatoms. The van der Waals surface area contributed by atoms with Crippen LogP contribution in [0.3, 0.4) is 0 Å². The summed E-state index contributed by atoms with van der Waals surface area (Å²) in [6.45, 7) is -0.342. The van der Waals surface area contributed by atoms with Crippen molar-refractivity contribution >= 4 is 21.8 Å². The molecule has 0 spiro atoms. The quantitative estimate of drug-likeness (QED) is 0.200. The van der Waals surface area contributed by atoms with Crippen molar-refractivity contribution in [2.24, 2.45) is 0 Å². The van der Waals surface area contributed by atoms with E-state index in [-0.39, 0.29) is 19.6 Å². The third-order valence-electron chi connectivity index (χ3n) is 7.41. The summed E-state index contributed by atoms with van der Waals surface area (Å²) in [4.78, 5) is 29.5. The Morgan fingerprint density at radius 2 is 1.37 bits per heavy atom. The molecule has 0 saturated carbocycles. The first-order chi connectivity index (χ1) is 22.1. The summed E-state index contributed by atoms with van der Waals surface area (Å²) in [6, 6.07) is 27.7. The van der Waals surface area contributed by atoms with E-state index in [1.165, 1.54) is 29.2 Å². The summed E-state index contributed by atoms with van der Waals surface area (Å²) in [5.41, 5.74) is 2.72. The first kappa shape index (κ1) is 34.1. The van der Waals surface area contributed by atoms with Gasteiger partial charge in [0.25, 0.3) is 0 Å². The molecule has 0 saturated heterocycles. The zero-order valence-electron chi connectivity index (χ0n) is 26.1. The monoisotopic (exact) mass is 647 g/mol. The SMILES string of the molecule is COc1ccc(CCNC(=O)[C@@H](c2ccccc2)N(Cc2ccc(F)cc2)C(=O)CN(Cc2ccccc2)S(C)(=O)=O)cc1OC. The average molecular weight is 648 g/mol. The highest BCUT2D eigenvalue weighted by atomic mass is 32.2. The maximum Gasteiger partial charge on any atom is 0.247 e. The first-order valence-electron chi connectivity index (χ1n) is 14.7. The molecule has 2 amide bonds. The Hall–Kier alpha value is -4.74. The van der Waals surface area contributed by atoms with Gasteiger partial charge in [0, 0.05) is 19.6 Å². The minimum absolute atomic E-state index is 0.0245. The van der Waals surface area contributed by atoms with Gasteiger partial charge in [-0.2, -0.15) is 4.31 Å². The zero-order chi connectivity index (χ0) is 33.1. The molecule has 1 N–H and O–H groups in total. The summed E-state index contributed by atoms with van der Waals surface area (Å²) in [5, 5.41) is 2.95. The molecule has 4 aromatic rings. The molecule has 242 valence electrons. The molecule has 1 atom stereocenters. The number of carbonyl (C=O) groups is 2. The van der Waals surface area contributed by atoms with Crippen molar-refractivity contribution in [3.8, 4) is 11.5 Å². The molecule has 46 heavy (non-hydrogen) atoms. The van der Waals surface area contributed by atoms with Crippen LogP contribution in [-0.2, 0) is 39.1 Å². The van der Waals surface area contributed by atoms with Crippen molar-refractivity contribution in [2.75, 3.05) is 33.6 Å². The number of nitrogens with one attached hydrogen (secondary N) is 1. The highest BCUT2D eigenvalue weighted by Crippen LogP contribution is 2.28. The number of hydrogen-bond donors (Lipinski definition) is 1. The summed E-state index contributed by atoms with van der Waals surface area (Å²) < 4.78 is 51.2. The Morgan fingerprint density at radius 1 is 0.783 bits per heavy atom. The summed E-state index contributed by atoms with van der Waals surface area (Å²) >= 11 is 0. The highest BCUT2D eigenvalue weighted by molar-refractivity contribution is 7.88. The van der Waals surface area contributed by atoms with Crippen LogP contribution in [0.4, 0.5) is 4.39 Å². The summed E-state index contributed by atoms with van der Waals surface area (Å²) in [7, 11) is -0.720. The fourth-order valence-electron chi connectivity index (χ4n) is 5.00. The molecule has 0 heterocycles. The molecule has 4 rings (SSSR count). The van der Waals surface area contributed by atoms with Gasteiger partial charge in [-0.3, -0.25) is 9.59 Å². The van der Waals surface area contributed by atoms with Crippen molar-refractivity contribution in [1.82, 2.24) is 14.5 Å². The van der Waals surface area contributed by atoms with Crippen LogP contribution in [-0.4, -0.2) is 63.0 Å². The van der Waals surface area contributed by atoms with Gasteiger partial charge in [-0.05, 0) is 52.9 Å². The number of hydrogen-bond acceptors (Lipinski definition) is 6. The fourth-order valence-corrected chi connectivity index (χ4v) is 5.73. The molecule has 0 aliphatic carbocycles. The van der Waals surface area contributed by atoms with E-state index in [4.69, 9.17) is 9.47 Å². The predicted molar refractivity (Wildman–Crippen MR) is 174 cm³/mol. The van der Waals surface area contributed by atoms with E-state index < -0.39 is 40.2 Å². The number of methoxy groups -OCH3 is 2. The third kappa shape index (κ3) is 9.38. The van der Waals surface area contributed by atoms with Crippen LogP contribution in [0.15, 0.2) is 103 Å². The van der Waals surface area contributed by atoms with Crippen molar-refractivity contribution < 1.29 is 31.9 Å². The Labute approximate surface area is 269 Å². The van der Waals surface area contributed by atoms with E-state index in [1.54, 1.807) is 74.9 Å². The number of carbonyl (C=O) groups excluding carboxylic acids is 2. The molecule has 0 aliphatic heterocycles. The highest BCUT2D eigenvalue weighted by Gasteiger charge is 2.33. The van der Waals surface area contributed by atoms with Gasteiger partial charge < -0.3 is 19.7 Å². The van der Waals surface area contributed by atoms with E-state index in [0.717, 1.165) is 16.1 Å². The minimum atomic E-state index is -3.82. The van der Waals surface area contributed by atoms with Gasteiger partial charge >= 0.3 is 0 Å². The van der Waals surface area contributed by atoms with E-state index >= 15 is 0 Å². The van der Waals surface area contributed by atoms with Crippen molar-refractivity contribution in [3.05, 3.63) is 131 Å². The smallest absolute Gasteiger partial charge is 0.247 e. The zero-order valence-corrected chi connectivity index (χ0v) is 26.9. The van der Waals surface area contributed by atoms with Crippen molar-refractivity contribution in [3.63, 3.8) is 0 Å². The number of ether oxygens (including phenoxy) is 2. The van der Waals surface area contributed by atoms with Crippen LogP contribution in [0.2, 0.25) is 0 Å². The predicted octanol–water partition coefficient (Wildman–Crippen LogP) is 4.73. The molecule has 0 radical (unpaired) electrons. The topological polar surface area (TPSA) is 105 Å². The lowest BCUT2D eigenvalue weighted by molar-refractivity contribution is -0.141.